The molecule has 0 bridgehead atoms. The van der Waals surface area contributed by atoms with E-state index in [0.29, 0.717) is 0 Å². The zero-order valence-electron chi connectivity index (χ0n) is 7.87. The Kier molecular flexibility index (Phi) is 3.25. The molecule has 1 heterocycles. The van der Waals surface area contributed by atoms with Crippen LogP contribution in [0.3, 0.4) is 0 Å². The van der Waals surface area contributed by atoms with Gasteiger partial charge in [-0.1, -0.05) is 11.3 Å². The number of nitrogen functional groups attached to an aromatic ring is 1. The maximum absolute atomic E-state index is 7.23. The van der Waals surface area contributed by atoms with Crippen LogP contribution in [0.25, 0.3) is 0 Å². The van der Waals surface area contributed by atoms with Crippen molar-refractivity contribution in [3.63, 3.8) is 0 Å². The number of amidine groups is 1. The lowest BCUT2D eigenvalue weighted by Crippen LogP contribution is -2.21. The highest BCUT2D eigenvalue weighted by Gasteiger charge is 2.08. The SMILES string of the molecule is CCN(CC)c1ncc(C(=N)N)s1. The molecular formula is C8H14N4S. The van der Waals surface area contributed by atoms with Gasteiger partial charge in [0.1, 0.15) is 5.84 Å². The van der Waals surface area contributed by atoms with Crippen LogP contribution in [0.2, 0.25) is 0 Å². The molecule has 0 saturated heterocycles. The molecule has 13 heavy (non-hydrogen) atoms. The van der Waals surface area contributed by atoms with Crippen LogP contribution in [0.4, 0.5) is 5.13 Å². The number of hydrogen-bond donors (Lipinski definition) is 2. The van der Waals surface area contributed by atoms with Crippen molar-refractivity contribution in [1.29, 1.82) is 5.41 Å². The smallest absolute Gasteiger partial charge is 0.185 e. The molecule has 0 amide bonds. The number of nitrogens with two attached hydrogens (primary N) is 1. The van der Waals surface area contributed by atoms with Crippen LogP contribution in [0, 0.1) is 5.41 Å². The fourth-order valence-electron chi connectivity index (χ4n) is 1.03. The third-order valence-corrected chi connectivity index (χ3v) is 2.88. The van der Waals surface area contributed by atoms with E-state index in [0.717, 1.165) is 23.1 Å². The van der Waals surface area contributed by atoms with E-state index in [2.05, 4.69) is 23.7 Å². The minimum Gasteiger partial charge on any atom is -0.383 e. The summed E-state index contributed by atoms with van der Waals surface area (Å²) in [7, 11) is 0. The fourth-order valence-corrected chi connectivity index (χ4v) is 1.93. The average molecular weight is 198 g/mol. The van der Waals surface area contributed by atoms with E-state index in [4.69, 9.17) is 11.1 Å². The van der Waals surface area contributed by atoms with Gasteiger partial charge >= 0.3 is 0 Å². The zero-order valence-corrected chi connectivity index (χ0v) is 8.69. The third-order valence-electron chi connectivity index (χ3n) is 1.79. The maximum Gasteiger partial charge on any atom is 0.185 e. The van der Waals surface area contributed by atoms with E-state index < -0.39 is 0 Å². The predicted molar refractivity (Wildman–Crippen MR) is 56.7 cm³/mol. The molecule has 1 rings (SSSR count). The number of aromatic nitrogens is 1. The summed E-state index contributed by atoms with van der Waals surface area (Å²) in [6, 6.07) is 0. The lowest BCUT2D eigenvalue weighted by atomic mass is 10.5. The molecule has 0 radical (unpaired) electrons. The van der Waals surface area contributed by atoms with Crippen molar-refractivity contribution in [2.24, 2.45) is 5.73 Å². The van der Waals surface area contributed by atoms with Crippen molar-refractivity contribution in [2.45, 2.75) is 13.8 Å². The van der Waals surface area contributed by atoms with Crippen LogP contribution < -0.4 is 10.6 Å². The van der Waals surface area contributed by atoms with E-state index in [1.54, 1.807) is 6.20 Å². The van der Waals surface area contributed by atoms with Crippen LogP contribution in [0.15, 0.2) is 6.20 Å². The van der Waals surface area contributed by atoms with Crippen molar-refractivity contribution >= 4 is 22.3 Å². The highest BCUT2D eigenvalue weighted by molar-refractivity contribution is 7.17. The summed E-state index contributed by atoms with van der Waals surface area (Å²) in [6.07, 6.45) is 1.65. The third kappa shape index (κ3) is 2.18. The first-order valence-electron chi connectivity index (χ1n) is 4.24. The minimum absolute atomic E-state index is 0.0934. The average Bonchev–Trinajstić information content (AvgIpc) is 2.56. The topological polar surface area (TPSA) is 66.0 Å². The highest BCUT2D eigenvalue weighted by atomic mass is 32.1. The molecule has 0 aromatic carbocycles. The molecule has 0 unspecified atom stereocenters. The molecule has 0 aliphatic heterocycles. The second kappa shape index (κ2) is 4.23. The normalized spacial score (nSPS) is 10.0. The molecule has 0 spiro atoms. The van der Waals surface area contributed by atoms with Crippen molar-refractivity contribution in [3.05, 3.63) is 11.1 Å². The summed E-state index contributed by atoms with van der Waals surface area (Å²) in [6.45, 7) is 6.03. The lowest BCUT2D eigenvalue weighted by Gasteiger charge is -2.16. The zero-order chi connectivity index (χ0) is 9.84. The summed E-state index contributed by atoms with van der Waals surface area (Å²) >= 11 is 1.46. The van der Waals surface area contributed by atoms with Gasteiger partial charge in [0.2, 0.25) is 0 Å². The first kappa shape index (κ1) is 9.98. The van der Waals surface area contributed by atoms with Gasteiger partial charge in [0, 0.05) is 13.1 Å². The Bertz CT molecular complexity index is 290. The van der Waals surface area contributed by atoms with Gasteiger partial charge in [-0.25, -0.2) is 4.98 Å². The molecular weight excluding hydrogens is 184 g/mol. The number of thiazole rings is 1. The number of anilines is 1. The van der Waals surface area contributed by atoms with Crippen molar-refractivity contribution in [2.75, 3.05) is 18.0 Å². The number of rotatable bonds is 4. The van der Waals surface area contributed by atoms with Crippen LogP contribution in [-0.2, 0) is 0 Å². The van der Waals surface area contributed by atoms with Gasteiger partial charge < -0.3 is 10.6 Å². The summed E-state index contributed by atoms with van der Waals surface area (Å²) < 4.78 is 0. The monoisotopic (exact) mass is 198 g/mol. The highest BCUT2D eigenvalue weighted by Crippen LogP contribution is 2.21. The quantitative estimate of drug-likeness (QED) is 0.565. The maximum atomic E-state index is 7.23. The Hall–Kier alpha value is -1.10. The van der Waals surface area contributed by atoms with Gasteiger partial charge in [-0.3, -0.25) is 5.41 Å². The van der Waals surface area contributed by atoms with Crippen LogP contribution in [-0.4, -0.2) is 23.9 Å². The Morgan fingerprint density at radius 2 is 2.23 bits per heavy atom. The number of nitrogens with zero attached hydrogens (tertiary/aromatic N) is 2. The number of nitrogens with one attached hydrogen (secondary N) is 1. The predicted octanol–water partition coefficient (Wildman–Crippen LogP) is 1.27. The van der Waals surface area contributed by atoms with E-state index in [-0.39, 0.29) is 5.84 Å². The van der Waals surface area contributed by atoms with E-state index in [9.17, 15) is 0 Å². The van der Waals surface area contributed by atoms with Gasteiger partial charge in [-0.2, -0.15) is 0 Å². The first-order valence-corrected chi connectivity index (χ1v) is 5.05. The fraction of sp³-hybridized carbons (Fsp3) is 0.500. The molecule has 0 atom stereocenters. The van der Waals surface area contributed by atoms with Gasteiger partial charge in [0.15, 0.2) is 5.13 Å². The summed E-state index contributed by atoms with van der Waals surface area (Å²) in [5, 5.41) is 8.17. The molecule has 1 aromatic heterocycles. The lowest BCUT2D eigenvalue weighted by molar-refractivity contribution is 0.860. The van der Waals surface area contributed by atoms with E-state index in [1.807, 2.05) is 0 Å². The van der Waals surface area contributed by atoms with E-state index >= 15 is 0 Å². The second-order valence-corrected chi connectivity index (χ2v) is 3.60. The first-order chi connectivity index (χ1) is 6.19. The van der Waals surface area contributed by atoms with Crippen LogP contribution in [0.1, 0.15) is 18.7 Å². The van der Waals surface area contributed by atoms with Gasteiger partial charge in [-0.05, 0) is 13.8 Å². The largest absolute Gasteiger partial charge is 0.383 e. The van der Waals surface area contributed by atoms with Crippen molar-refractivity contribution in [1.82, 2.24) is 4.98 Å². The minimum atomic E-state index is 0.0934. The molecule has 72 valence electrons. The standard InChI is InChI=1S/C8H14N4S/c1-3-12(4-2)8-11-5-6(13-8)7(9)10/h5H,3-4H2,1-2H3,(H3,9,10). The van der Waals surface area contributed by atoms with Crippen molar-refractivity contribution in [3.8, 4) is 0 Å². The molecule has 4 nitrogen and oxygen atoms in total. The van der Waals surface area contributed by atoms with Crippen LogP contribution >= 0.6 is 11.3 Å². The second-order valence-electron chi connectivity index (χ2n) is 2.59. The Morgan fingerprint density at radius 1 is 1.62 bits per heavy atom. The summed E-state index contributed by atoms with van der Waals surface area (Å²) in [5.41, 5.74) is 5.35. The Labute approximate surface area is 81.9 Å². The Balaban J connectivity index is 2.84. The van der Waals surface area contributed by atoms with Crippen LogP contribution in [0.5, 0.6) is 0 Å². The Morgan fingerprint density at radius 3 is 2.62 bits per heavy atom. The molecule has 5 heteroatoms. The molecule has 0 aliphatic carbocycles. The molecule has 0 aliphatic rings. The molecule has 0 fully saturated rings. The van der Waals surface area contributed by atoms with Gasteiger partial charge in [0.25, 0.3) is 0 Å². The number of hydrogen-bond acceptors (Lipinski definition) is 4. The summed E-state index contributed by atoms with van der Waals surface area (Å²) in [4.78, 5) is 7.08. The molecule has 1 aromatic rings. The van der Waals surface area contributed by atoms with Gasteiger partial charge in [-0.15, -0.1) is 0 Å². The van der Waals surface area contributed by atoms with Gasteiger partial charge in [0.05, 0.1) is 11.1 Å². The van der Waals surface area contributed by atoms with E-state index in [1.165, 1.54) is 11.3 Å². The summed E-state index contributed by atoms with van der Waals surface area (Å²) in [5.74, 6) is 0.0934. The molecule has 3 N–H and O–H groups in total. The molecule has 0 saturated carbocycles. The van der Waals surface area contributed by atoms with Crippen molar-refractivity contribution < 1.29 is 0 Å².